The van der Waals surface area contributed by atoms with Gasteiger partial charge in [-0.3, -0.25) is 9.59 Å². The first-order valence-corrected chi connectivity index (χ1v) is 9.85. The molecule has 2 aromatic rings. The third kappa shape index (κ3) is 4.04. The van der Waals surface area contributed by atoms with Crippen molar-refractivity contribution in [3.63, 3.8) is 0 Å². The van der Waals surface area contributed by atoms with E-state index in [1.54, 1.807) is 17.0 Å². The van der Waals surface area contributed by atoms with Crippen LogP contribution in [-0.4, -0.2) is 23.3 Å². The van der Waals surface area contributed by atoms with Gasteiger partial charge in [0.05, 0.1) is 12.1 Å². The Morgan fingerprint density at radius 1 is 1.22 bits per heavy atom. The van der Waals surface area contributed by atoms with E-state index in [-0.39, 0.29) is 12.2 Å². The number of hydrogen-bond acceptors (Lipinski definition) is 3. The molecule has 0 saturated heterocycles. The first-order valence-electron chi connectivity index (χ1n) is 9.06. The Bertz CT molecular complexity index is 878. The fourth-order valence-electron chi connectivity index (χ4n) is 3.30. The van der Waals surface area contributed by atoms with Gasteiger partial charge in [0.2, 0.25) is 0 Å². The van der Waals surface area contributed by atoms with Gasteiger partial charge in [0, 0.05) is 16.6 Å². The van der Waals surface area contributed by atoms with E-state index in [1.165, 1.54) is 6.08 Å². The molecule has 27 heavy (non-hydrogen) atoms. The van der Waals surface area contributed by atoms with Crippen molar-refractivity contribution in [2.75, 3.05) is 11.4 Å². The molecule has 1 heterocycles. The van der Waals surface area contributed by atoms with Gasteiger partial charge >= 0.3 is 0 Å². The maximum atomic E-state index is 13.0. The number of allylic oxidation sites excluding steroid dienone is 1. The highest BCUT2D eigenvalue weighted by Crippen LogP contribution is 2.43. The number of fused-ring (bicyclic) bond motifs is 1. The zero-order valence-corrected chi connectivity index (χ0v) is 16.8. The number of halogens is 1. The predicted molar refractivity (Wildman–Crippen MR) is 110 cm³/mol. The fourth-order valence-corrected chi connectivity index (χ4v) is 3.66. The number of aliphatic hydroxyl groups is 1. The van der Waals surface area contributed by atoms with Gasteiger partial charge < -0.3 is 10.0 Å². The lowest BCUT2D eigenvalue weighted by molar-refractivity contribution is -0.140. The zero-order valence-electron chi connectivity index (χ0n) is 15.2. The molecule has 0 aromatic heterocycles. The molecule has 3 rings (SSSR count). The van der Waals surface area contributed by atoms with Gasteiger partial charge in [0.25, 0.3) is 5.91 Å². The lowest BCUT2D eigenvalue weighted by Crippen LogP contribution is -2.42. The van der Waals surface area contributed by atoms with E-state index in [2.05, 4.69) is 15.9 Å². The maximum absolute atomic E-state index is 13.0. The molecule has 2 aromatic carbocycles. The third-order valence-corrected chi connectivity index (χ3v) is 5.21. The SMILES string of the molecule is CCCCN1C(=O)[C@](O)(CC(=O)/C=C\c2ccccc2)c2cc(Br)ccc21. The normalized spacial score (nSPS) is 18.9. The van der Waals surface area contributed by atoms with Gasteiger partial charge in [-0.05, 0) is 36.3 Å². The number of unbranched alkanes of at least 4 members (excludes halogenated alkanes) is 1. The fraction of sp³-hybridized carbons (Fsp3) is 0.273. The van der Waals surface area contributed by atoms with Crippen molar-refractivity contribution in [1.82, 2.24) is 0 Å². The number of ketones is 1. The Morgan fingerprint density at radius 3 is 2.67 bits per heavy atom. The standard InChI is InChI=1S/C22H22BrNO3/c1-2-3-13-24-20-12-10-17(23)14-19(20)22(27,21(24)26)15-18(25)11-9-16-7-5-4-6-8-16/h4-12,14,27H,2-3,13,15H2,1H3/b11-9-/t22-/m0/s1. The van der Waals surface area contributed by atoms with Crippen LogP contribution in [0.3, 0.4) is 0 Å². The van der Waals surface area contributed by atoms with Crippen molar-refractivity contribution in [2.45, 2.75) is 31.8 Å². The van der Waals surface area contributed by atoms with E-state index in [4.69, 9.17) is 0 Å². The number of carbonyl (C=O) groups excluding carboxylic acids is 2. The van der Waals surface area contributed by atoms with Gasteiger partial charge in [0.1, 0.15) is 0 Å². The van der Waals surface area contributed by atoms with Crippen LogP contribution in [0.2, 0.25) is 0 Å². The van der Waals surface area contributed by atoms with Gasteiger partial charge in [-0.25, -0.2) is 0 Å². The highest BCUT2D eigenvalue weighted by molar-refractivity contribution is 9.10. The van der Waals surface area contributed by atoms with E-state index in [1.807, 2.05) is 49.4 Å². The van der Waals surface area contributed by atoms with Crippen LogP contribution in [0.4, 0.5) is 5.69 Å². The number of nitrogens with zero attached hydrogens (tertiary/aromatic N) is 1. The lowest BCUT2D eigenvalue weighted by atomic mass is 9.89. The number of rotatable bonds is 7. The van der Waals surface area contributed by atoms with Crippen LogP contribution in [0.15, 0.2) is 59.1 Å². The molecular formula is C22H22BrNO3. The second-order valence-electron chi connectivity index (χ2n) is 6.72. The summed E-state index contributed by atoms with van der Waals surface area (Å²) in [6.07, 6.45) is 4.61. The molecule has 1 atom stereocenters. The summed E-state index contributed by atoms with van der Waals surface area (Å²) in [5, 5.41) is 11.2. The predicted octanol–water partition coefficient (Wildman–Crippen LogP) is 4.46. The minimum absolute atomic E-state index is 0.277. The summed E-state index contributed by atoms with van der Waals surface area (Å²) in [6, 6.07) is 14.8. The Labute approximate surface area is 167 Å². The van der Waals surface area contributed by atoms with Crippen LogP contribution < -0.4 is 4.90 Å². The average Bonchev–Trinajstić information content (AvgIpc) is 2.86. The van der Waals surface area contributed by atoms with Crippen LogP contribution >= 0.6 is 15.9 Å². The minimum atomic E-state index is -1.83. The van der Waals surface area contributed by atoms with Crippen LogP contribution in [0, 0.1) is 0 Å². The van der Waals surface area contributed by atoms with Crippen LogP contribution in [0.5, 0.6) is 0 Å². The molecule has 0 spiro atoms. The number of anilines is 1. The van der Waals surface area contributed by atoms with Crippen molar-refractivity contribution < 1.29 is 14.7 Å². The summed E-state index contributed by atoms with van der Waals surface area (Å²) < 4.78 is 0.761. The smallest absolute Gasteiger partial charge is 0.264 e. The van der Waals surface area contributed by atoms with E-state index < -0.39 is 11.5 Å². The van der Waals surface area contributed by atoms with Crippen molar-refractivity contribution in [1.29, 1.82) is 0 Å². The molecule has 0 unspecified atom stereocenters. The van der Waals surface area contributed by atoms with Crippen LogP contribution in [0.25, 0.3) is 6.08 Å². The van der Waals surface area contributed by atoms with E-state index in [0.29, 0.717) is 17.8 Å². The van der Waals surface area contributed by atoms with E-state index in [9.17, 15) is 14.7 Å². The molecule has 0 radical (unpaired) electrons. The monoisotopic (exact) mass is 427 g/mol. The Morgan fingerprint density at radius 2 is 1.96 bits per heavy atom. The topological polar surface area (TPSA) is 57.6 Å². The second kappa shape index (κ2) is 8.19. The molecule has 5 heteroatoms. The van der Waals surface area contributed by atoms with Crippen molar-refractivity contribution in [3.05, 3.63) is 70.2 Å². The molecule has 1 aliphatic heterocycles. The number of amides is 1. The van der Waals surface area contributed by atoms with Crippen molar-refractivity contribution >= 4 is 39.4 Å². The lowest BCUT2D eigenvalue weighted by Gasteiger charge is -2.22. The highest BCUT2D eigenvalue weighted by atomic mass is 79.9. The summed E-state index contributed by atoms with van der Waals surface area (Å²) in [6.45, 7) is 2.58. The molecule has 4 nitrogen and oxygen atoms in total. The zero-order chi connectivity index (χ0) is 19.4. The van der Waals surface area contributed by atoms with Crippen molar-refractivity contribution in [2.24, 2.45) is 0 Å². The summed E-state index contributed by atoms with van der Waals surface area (Å²) in [7, 11) is 0. The van der Waals surface area contributed by atoms with E-state index in [0.717, 1.165) is 22.9 Å². The number of hydrogen-bond donors (Lipinski definition) is 1. The molecule has 1 N–H and O–H groups in total. The van der Waals surface area contributed by atoms with Gasteiger partial charge in [-0.2, -0.15) is 0 Å². The van der Waals surface area contributed by atoms with E-state index >= 15 is 0 Å². The number of carbonyl (C=O) groups is 2. The summed E-state index contributed by atoms with van der Waals surface area (Å²) in [5.74, 6) is -0.719. The number of benzene rings is 2. The highest BCUT2D eigenvalue weighted by Gasteiger charge is 2.50. The molecule has 0 aliphatic carbocycles. The summed E-state index contributed by atoms with van der Waals surface area (Å²) in [4.78, 5) is 27.1. The Hall–Kier alpha value is -2.24. The largest absolute Gasteiger partial charge is 0.375 e. The average molecular weight is 428 g/mol. The molecule has 1 amide bonds. The van der Waals surface area contributed by atoms with Crippen molar-refractivity contribution in [3.8, 4) is 0 Å². The molecule has 0 saturated carbocycles. The molecule has 1 aliphatic rings. The van der Waals surface area contributed by atoms with Gasteiger partial charge in [-0.1, -0.05) is 65.7 Å². The first-order chi connectivity index (χ1) is 13.0. The first kappa shape index (κ1) is 19.5. The Kier molecular flexibility index (Phi) is 5.92. The summed E-state index contributed by atoms with van der Waals surface area (Å²) >= 11 is 3.40. The Balaban J connectivity index is 1.87. The molecular weight excluding hydrogens is 406 g/mol. The van der Waals surface area contributed by atoms with Crippen LogP contribution in [0.1, 0.15) is 37.3 Å². The molecule has 140 valence electrons. The molecule has 0 fully saturated rings. The van der Waals surface area contributed by atoms with Gasteiger partial charge in [-0.15, -0.1) is 0 Å². The maximum Gasteiger partial charge on any atom is 0.264 e. The molecule has 0 bridgehead atoms. The summed E-state index contributed by atoms with van der Waals surface area (Å²) in [5.41, 5.74) is 0.229. The quantitative estimate of drug-likeness (QED) is 0.663. The van der Waals surface area contributed by atoms with Gasteiger partial charge in [0.15, 0.2) is 11.4 Å². The van der Waals surface area contributed by atoms with Crippen LogP contribution in [-0.2, 0) is 15.2 Å². The third-order valence-electron chi connectivity index (χ3n) is 4.72. The minimum Gasteiger partial charge on any atom is -0.375 e. The second-order valence-corrected chi connectivity index (χ2v) is 7.63.